The molecule has 3 nitrogen and oxygen atoms in total. The summed E-state index contributed by atoms with van der Waals surface area (Å²) < 4.78 is 28.4. The van der Waals surface area contributed by atoms with Crippen molar-refractivity contribution in [3.8, 4) is 0 Å². The maximum atomic E-state index is 12.1. The van der Waals surface area contributed by atoms with E-state index in [1.165, 1.54) is 0 Å². The molecule has 0 spiro atoms. The van der Waals surface area contributed by atoms with E-state index in [0.717, 1.165) is 29.9 Å². The molecule has 0 aliphatic heterocycles. The lowest BCUT2D eigenvalue weighted by molar-refractivity contribution is 0.598. The normalized spacial score (nSPS) is 11.8. The van der Waals surface area contributed by atoms with E-state index in [9.17, 15) is 8.42 Å². The lowest BCUT2D eigenvalue weighted by Gasteiger charge is -2.06. The highest BCUT2D eigenvalue weighted by molar-refractivity contribution is 8.00. The van der Waals surface area contributed by atoms with E-state index in [2.05, 4.69) is 17.6 Å². The fourth-order valence-electron chi connectivity index (χ4n) is 1.54. The summed E-state index contributed by atoms with van der Waals surface area (Å²) in [6.45, 7) is 6.06. The molecule has 0 saturated heterocycles. The van der Waals surface area contributed by atoms with Gasteiger partial charge in [-0.1, -0.05) is 42.2 Å². The smallest absolute Gasteiger partial charge is 0.199 e. The van der Waals surface area contributed by atoms with Crippen LogP contribution >= 0.6 is 0 Å². The maximum absolute atomic E-state index is 12.1. The van der Waals surface area contributed by atoms with Crippen molar-refractivity contribution in [3.63, 3.8) is 0 Å². The second kappa shape index (κ2) is 7.04. The summed E-state index contributed by atoms with van der Waals surface area (Å²) in [7, 11) is -3.85. The lowest BCUT2D eigenvalue weighted by atomic mass is 10.2. The molecule has 102 valence electrons. The minimum Gasteiger partial charge on any atom is -0.199 e. The van der Waals surface area contributed by atoms with Gasteiger partial charge in [-0.15, -0.1) is 3.77 Å². The lowest BCUT2D eigenvalue weighted by Crippen LogP contribution is -2.06. The van der Waals surface area contributed by atoms with Gasteiger partial charge in [-0.3, -0.25) is 0 Å². The first-order valence-electron chi connectivity index (χ1n) is 6.22. The van der Waals surface area contributed by atoms with Gasteiger partial charge in [0.05, 0.1) is 4.90 Å². The third-order valence-electron chi connectivity index (χ3n) is 2.40. The van der Waals surface area contributed by atoms with Crippen LogP contribution in [0.5, 0.6) is 0 Å². The molecule has 1 aromatic rings. The van der Waals surface area contributed by atoms with Gasteiger partial charge in [-0.05, 0) is 31.9 Å². The Morgan fingerprint density at radius 2 is 1.56 bits per heavy atom. The Balaban J connectivity index is 3.04. The Kier molecular flexibility index (Phi) is 6.02. The largest absolute Gasteiger partial charge is 0.287 e. The van der Waals surface area contributed by atoms with E-state index in [4.69, 9.17) is 0 Å². The molecule has 0 amide bonds. The van der Waals surface area contributed by atoms with Gasteiger partial charge in [0.15, 0.2) is 0 Å². The summed E-state index contributed by atoms with van der Waals surface area (Å²) in [6.07, 6.45) is 1.94. The van der Waals surface area contributed by atoms with Crippen molar-refractivity contribution in [2.75, 3.05) is 11.5 Å². The van der Waals surface area contributed by atoms with Gasteiger partial charge >= 0.3 is 0 Å². The summed E-state index contributed by atoms with van der Waals surface area (Å²) >= 11 is 0. The molecule has 0 heterocycles. The van der Waals surface area contributed by atoms with Crippen LogP contribution in [0.25, 0.3) is 0 Å². The first-order valence-corrected chi connectivity index (χ1v) is 9.18. The zero-order valence-corrected chi connectivity index (χ0v) is 12.9. The molecule has 0 fully saturated rings. The van der Waals surface area contributed by atoms with E-state index in [1.807, 2.05) is 6.92 Å². The van der Waals surface area contributed by atoms with E-state index < -0.39 is 10.0 Å². The zero-order valence-electron chi connectivity index (χ0n) is 11.2. The van der Waals surface area contributed by atoms with Crippen LogP contribution in [-0.2, 0) is 20.7 Å². The van der Waals surface area contributed by atoms with E-state index in [0.29, 0.717) is 4.90 Å². The van der Waals surface area contributed by atoms with Crippen LogP contribution < -0.4 is 0 Å². The highest BCUT2D eigenvalue weighted by atomic mass is 32.3. The molecule has 0 radical (unpaired) electrons. The van der Waals surface area contributed by atoms with Gasteiger partial charge in [-0.2, -0.15) is 8.42 Å². The third kappa shape index (κ3) is 4.53. The number of hydrogen-bond acceptors (Lipinski definition) is 2. The minimum absolute atomic E-state index is 0.304. The summed E-state index contributed by atoms with van der Waals surface area (Å²) in [4.78, 5) is 0.304. The van der Waals surface area contributed by atoms with Gasteiger partial charge in [-0.25, -0.2) is 0 Å². The molecule has 0 aromatic heterocycles. The van der Waals surface area contributed by atoms with Gasteiger partial charge in [0.1, 0.15) is 0 Å². The Morgan fingerprint density at radius 3 is 2.00 bits per heavy atom. The van der Waals surface area contributed by atoms with Crippen molar-refractivity contribution in [2.24, 2.45) is 3.77 Å². The predicted octanol–water partition coefficient (Wildman–Crippen LogP) is 3.31. The SMILES string of the molecule is CCCS(CCC)=NS(=O)(=O)c1ccc(C)cc1. The highest BCUT2D eigenvalue weighted by Gasteiger charge is 2.13. The van der Waals surface area contributed by atoms with Crippen LogP contribution in [0, 0.1) is 6.92 Å². The number of benzene rings is 1. The van der Waals surface area contributed by atoms with E-state index in [1.54, 1.807) is 24.3 Å². The molecule has 1 rings (SSSR count). The average Bonchev–Trinajstić information content (AvgIpc) is 2.29. The van der Waals surface area contributed by atoms with Crippen LogP contribution in [0.15, 0.2) is 32.9 Å². The predicted molar refractivity (Wildman–Crippen MR) is 78.5 cm³/mol. The topological polar surface area (TPSA) is 46.5 Å². The Hall–Kier alpha value is -0.680. The Bertz CT molecular complexity index is 496. The number of sulfonamides is 1. The molecule has 1 aromatic carbocycles. The Morgan fingerprint density at radius 1 is 1.06 bits per heavy atom. The number of rotatable bonds is 6. The number of nitrogens with zero attached hydrogens (tertiary/aromatic N) is 1. The second-order valence-electron chi connectivity index (χ2n) is 4.23. The van der Waals surface area contributed by atoms with Crippen LogP contribution in [0.4, 0.5) is 0 Å². The molecule has 0 unspecified atom stereocenters. The molecule has 0 aliphatic carbocycles. The fraction of sp³-hybridized carbons (Fsp3) is 0.538. The van der Waals surface area contributed by atoms with Crippen LogP contribution in [-0.4, -0.2) is 19.9 Å². The van der Waals surface area contributed by atoms with Crippen molar-refractivity contribution < 1.29 is 8.42 Å². The van der Waals surface area contributed by atoms with Crippen molar-refractivity contribution in [1.29, 1.82) is 0 Å². The van der Waals surface area contributed by atoms with Crippen molar-refractivity contribution in [1.82, 2.24) is 0 Å². The summed E-state index contributed by atoms with van der Waals surface area (Å²) in [5, 5.41) is 0. The number of aryl methyl sites for hydroxylation is 1. The van der Waals surface area contributed by atoms with Gasteiger partial charge in [0.2, 0.25) is 0 Å². The maximum Gasteiger partial charge on any atom is 0.287 e. The van der Waals surface area contributed by atoms with Gasteiger partial charge < -0.3 is 0 Å². The number of hydrogen-bond donors (Lipinski definition) is 0. The second-order valence-corrected chi connectivity index (χ2v) is 7.99. The summed E-state index contributed by atoms with van der Waals surface area (Å²) in [6, 6.07) is 6.88. The molecular weight excluding hydrogens is 266 g/mol. The molecule has 0 atom stereocenters. The van der Waals surface area contributed by atoms with Gasteiger partial charge in [0, 0.05) is 11.5 Å². The van der Waals surface area contributed by atoms with Gasteiger partial charge in [0.25, 0.3) is 10.0 Å². The third-order valence-corrected chi connectivity index (χ3v) is 6.66. The highest BCUT2D eigenvalue weighted by Crippen LogP contribution is 2.15. The molecule has 0 aliphatic rings. The van der Waals surface area contributed by atoms with Crippen LogP contribution in [0.2, 0.25) is 0 Å². The van der Waals surface area contributed by atoms with Crippen molar-refractivity contribution in [3.05, 3.63) is 29.8 Å². The van der Waals surface area contributed by atoms with Crippen molar-refractivity contribution in [2.45, 2.75) is 38.5 Å². The quantitative estimate of drug-likeness (QED) is 0.806. The van der Waals surface area contributed by atoms with Crippen molar-refractivity contribution >= 4 is 20.7 Å². The molecule has 0 bridgehead atoms. The van der Waals surface area contributed by atoms with Crippen LogP contribution in [0.3, 0.4) is 0 Å². The monoisotopic (exact) mass is 287 g/mol. The summed E-state index contributed by atoms with van der Waals surface area (Å²) in [5.74, 6) is 1.72. The minimum atomic E-state index is -3.48. The molecule has 0 saturated carbocycles. The summed E-state index contributed by atoms with van der Waals surface area (Å²) in [5.41, 5.74) is 1.05. The average molecular weight is 287 g/mol. The Labute approximate surface area is 113 Å². The van der Waals surface area contributed by atoms with Crippen LogP contribution in [0.1, 0.15) is 32.3 Å². The standard InChI is InChI=1S/C13H21NO2S2/c1-4-10-17(11-5-2)14-18(15,16)13-8-6-12(3)7-9-13/h6-9H,4-5,10-11H2,1-3H3. The first kappa shape index (κ1) is 15.4. The molecule has 0 N–H and O–H groups in total. The first-order chi connectivity index (χ1) is 8.49. The molecule has 18 heavy (non-hydrogen) atoms. The molecular formula is C13H21NO2S2. The molecule has 5 heteroatoms. The fourth-order valence-corrected chi connectivity index (χ4v) is 5.22. The zero-order chi connectivity index (χ0) is 13.6. The van der Waals surface area contributed by atoms with E-state index >= 15 is 0 Å². The van der Waals surface area contributed by atoms with E-state index in [-0.39, 0.29) is 10.7 Å².